The molecule has 1 aromatic carbocycles. The third-order valence-corrected chi connectivity index (χ3v) is 3.73. The monoisotopic (exact) mass is 214 g/mol. The number of allylic oxidation sites excluding steroid dienone is 3. The molecule has 0 nitrogen and oxygen atoms in total. The zero-order valence-corrected chi connectivity index (χ0v) is 9.33. The Kier molecular flexibility index (Phi) is 1.51. The summed E-state index contributed by atoms with van der Waals surface area (Å²) in [5.41, 5.74) is 6.53. The summed E-state index contributed by atoms with van der Waals surface area (Å²) in [6, 6.07) is 0. The summed E-state index contributed by atoms with van der Waals surface area (Å²) in [6.45, 7) is 0. The molecule has 17 heavy (non-hydrogen) atoms. The van der Waals surface area contributed by atoms with Crippen LogP contribution < -0.4 is 10.4 Å². The van der Waals surface area contributed by atoms with E-state index in [1.807, 2.05) is 0 Å². The fourth-order valence-electron chi connectivity index (χ4n) is 2.98. The maximum Gasteiger partial charge on any atom is 0.00681 e. The molecule has 4 rings (SSSR count). The zero-order chi connectivity index (χ0) is 11.4. The molecule has 0 fully saturated rings. The fourth-order valence-corrected chi connectivity index (χ4v) is 2.98. The Hall–Kier alpha value is -2.26. The molecule has 0 amide bonds. The van der Waals surface area contributed by atoms with E-state index in [2.05, 4.69) is 48.5 Å². The second-order valence-electron chi connectivity index (χ2n) is 4.59. The van der Waals surface area contributed by atoms with Crippen LogP contribution in [0.3, 0.4) is 0 Å². The summed E-state index contributed by atoms with van der Waals surface area (Å²) in [5.74, 6) is 2.79. The summed E-state index contributed by atoms with van der Waals surface area (Å²) in [7, 11) is 0. The molecular formula is C17H10. The molecule has 0 bridgehead atoms. The Morgan fingerprint density at radius 3 is 2.41 bits per heavy atom. The number of hydrogen-bond donors (Lipinski definition) is 0. The minimum Gasteiger partial charge on any atom is -0.115 e. The van der Waals surface area contributed by atoms with E-state index in [1.54, 1.807) is 0 Å². The first-order chi connectivity index (χ1) is 8.38. The Morgan fingerprint density at radius 2 is 1.65 bits per heavy atom. The second kappa shape index (κ2) is 2.90. The first kappa shape index (κ1) is 8.84. The van der Waals surface area contributed by atoms with Crippen molar-refractivity contribution in [2.24, 2.45) is 0 Å². The van der Waals surface area contributed by atoms with Gasteiger partial charge in [0.1, 0.15) is 0 Å². The minimum atomic E-state index is 0.910. The summed E-state index contributed by atoms with van der Waals surface area (Å²) >= 11 is 0. The number of hydrogen-bond acceptors (Lipinski definition) is 0. The Morgan fingerprint density at radius 1 is 0.941 bits per heavy atom. The van der Waals surface area contributed by atoms with Gasteiger partial charge in [-0.25, -0.2) is 0 Å². The lowest BCUT2D eigenvalue weighted by Crippen LogP contribution is -2.22. The molecule has 0 atom stereocenters. The van der Waals surface area contributed by atoms with E-state index >= 15 is 0 Å². The lowest BCUT2D eigenvalue weighted by Gasteiger charge is -2.07. The van der Waals surface area contributed by atoms with Gasteiger partial charge in [-0.2, -0.15) is 0 Å². The van der Waals surface area contributed by atoms with E-state index in [0.717, 1.165) is 12.0 Å². The van der Waals surface area contributed by atoms with Gasteiger partial charge in [0.15, 0.2) is 0 Å². The highest BCUT2D eigenvalue weighted by atomic mass is 14.2. The molecule has 0 aromatic heterocycles. The van der Waals surface area contributed by atoms with Gasteiger partial charge in [0.2, 0.25) is 0 Å². The first-order valence-corrected chi connectivity index (χ1v) is 5.81. The molecule has 0 unspecified atom stereocenters. The predicted molar refractivity (Wildman–Crippen MR) is 73.2 cm³/mol. The van der Waals surface area contributed by atoms with Crippen LogP contribution in [0.15, 0.2) is 17.7 Å². The zero-order valence-electron chi connectivity index (χ0n) is 9.33. The highest BCUT2D eigenvalue weighted by molar-refractivity contribution is 5.85. The number of fused-ring (bicyclic) bond motifs is 6. The van der Waals surface area contributed by atoms with Crippen molar-refractivity contribution in [3.8, 4) is 12.3 Å². The van der Waals surface area contributed by atoms with Crippen molar-refractivity contribution in [2.45, 2.75) is 6.42 Å². The van der Waals surface area contributed by atoms with Crippen LogP contribution in [0.1, 0.15) is 22.3 Å². The molecule has 3 aliphatic carbocycles. The van der Waals surface area contributed by atoms with Gasteiger partial charge in [0.05, 0.1) is 0 Å². The van der Waals surface area contributed by atoms with Gasteiger partial charge in [-0.05, 0) is 38.8 Å². The minimum absolute atomic E-state index is 0.910. The summed E-state index contributed by atoms with van der Waals surface area (Å²) in [4.78, 5) is 0. The van der Waals surface area contributed by atoms with Gasteiger partial charge in [-0.3, -0.25) is 0 Å². The smallest absolute Gasteiger partial charge is 0.00681 e. The normalized spacial score (nSPS) is 16.8. The van der Waals surface area contributed by atoms with Crippen LogP contribution >= 0.6 is 0 Å². The fraction of sp³-hybridized carbons (Fsp3) is 0.0588. The Balaban J connectivity index is 2.20. The predicted octanol–water partition coefficient (Wildman–Crippen LogP) is 1.87. The lowest BCUT2D eigenvalue weighted by atomic mass is 9.96. The van der Waals surface area contributed by atoms with Gasteiger partial charge >= 0.3 is 0 Å². The lowest BCUT2D eigenvalue weighted by molar-refractivity contribution is 1.22. The molecule has 0 saturated carbocycles. The molecular weight excluding hydrogens is 204 g/mol. The molecule has 0 saturated heterocycles. The van der Waals surface area contributed by atoms with Gasteiger partial charge in [0.25, 0.3) is 0 Å². The van der Waals surface area contributed by atoms with Crippen molar-refractivity contribution in [3.63, 3.8) is 0 Å². The summed E-state index contributed by atoms with van der Waals surface area (Å²) in [6.07, 6.45) is 21.7. The van der Waals surface area contributed by atoms with Crippen molar-refractivity contribution in [1.29, 1.82) is 0 Å². The van der Waals surface area contributed by atoms with E-state index in [9.17, 15) is 0 Å². The van der Waals surface area contributed by atoms with Gasteiger partial charge in [-0.1, -0.05) is 42.4 Å². The number of benzene rings is 1. The van der Waals surface area contributed by atoms with E-state index in [4.69, 9.17) is 6.42 Å². The van der Waals surface area contributed by atoms with Crippen molar-refractivity contribution in [1.82, 2.24) is 0 Å². The average molecular weight is 214 g/mol. The van der Waals surface area contributed by atoms with E-state index in [-0.39, 0.29) is 0 Å². The van der Waals surface area contributed by atoms with Crippen LogP contribution in [0.2, 0.25) is 0 Å². The third-order valence-electron chi connectivity index (χ3n) is 3.73. The van der Waals surface area contributed by atoms with Crippen LogP contribution in [-0.2, 0) is 6.42 Å². The maximum atomic E-state index is 5.53. The quantitative estimate of drug-likeness (QED) is 0.578. The average Bonchev–Trinajstić information content (AvgIpc) is 3.06. The van der Waals surface area contributed by atoms with Crippen molar-refractivity contribution < 1.29 is 0 Å². The molecule has 0 N–H and O–H groups in total. The SMILES string of the molecule is C#CC1=Cc2c(c3c(c4c2=CC=C4)C=CC=3)C1. The summed E-state index contributed by atoms with van der Waals surface area (Å²) < 4.78 is 0. The van der Waals surface area contributed by atoms with Crippen molar-refractivity contribution in [3.05, 3.63) is 50.4 Å². The van der Waals surface area contributed by atoms with E-state index < -0.39 is 0 Å². The third kappa shape index (κ3) is 0.990. The van der Waals surface area contributed by atoms with Gasteiger partial charge in [-0.15, -0.1) is 6.42 Å². The topological polar surface area (TPSA) is 0 Å². The van der Waals surface area contributed by atoms with Crippen LogP contribution in [0.5, 0.6) is 0 Å². The maximum absolute atomic E-state index is 5.53. The molecule has 0 heteroatoms. The van der Waals surface area contributed by atoms with Gasteiger partial charge in [0, 0.05) is 12.0 Å². The molecule has 1 aromatic rings. The molecule has 78 valence electrons. The van der Waals surface area contributed by atoms with E-state index in [0.29, 0.717) is 0 Å². The van der Waals surface area contributed by atoms with Crippen molar-refractivity contribution in [2.75, 3.05) is 0 Å². The van der Waals surface area contributed by atoms with Crippen molar-refractivity contribution >= 4 is 30.4 Å². The standard InChI is InChI=1S/C17H10/c1-2-11-9-16-14-7-3-5-12(14)13-6-4-8-15(13)17(16)10-11/h1,3-9H,10H2. The summed E-state index contributed by atoms with van der Waals surface area (Å²) in [5, 5.41) is 2.70. The molecule has 3 aliphatic rings. The second-order valence-corrected chi connectivity index (χ2v) is 4.59. The van der Waals surface area contributed by atoms with Gasteiger partial charge < -0.3 is 0 Å². The van der Waals surface area contributed by atoms with Crippen LogP contribution in [0.25, 0.3) is 30.4 Å². The Bertz CT molecular complexity index is 803. The molecule has 0 heterocycles. The largest absolute Gasteiger partial charge is 0.115 e. The Labute approximate surface area is 100.0 Å². The highest BCUT2D eigenvalue weighted by Crippen LogP contribution is 2.24. The molecule has 0 spiro atoms. The first-order valence-electron chi connectivity index (χ1n) is 5.81. The van der Waals surface area contributed by atoms with Crippen LogP contribution in [-0.4, -0.2) is 0 Å². The van der Waals surface area contributed by atoms with Crippen LogP contribution in [0, 0.1) is 12.3 Å². The number of rotatable bonds is 0. The van der Waals surface area contributed by atoms with Crippen LogP contribution in [0.4, 0.5) is 0 Å². The van der Waals surface area contributed by atoms with E-state index in [1.165, 1.54) is 32.7 Å². The molecule has 0 radical (unpaired) electrons. The number of terminal acetylenes is 1. The molecule has 0 aliphatic heterocycles. The highest BCUT2D eigenvalue weighted by Gasteiger charge is 2.20.